The molecule has 1 radical (unpaired) electrons. The Morgan fingerprint density at radius 3 is 3.07 bits per heavy atom. The normalized spacial score (nSPS) is 9.80. The van der Waals surface area contributed by atoms with Gasteiger partial charge in [0.25, 0.3) is 5.91 Å². The summed E-state index contributed by atoms with van der Waals surface area (Å²) in [5.74, 6) is -0.648. The van der Waals surface area contributed by atoms with Crippen LogP contribution in [0.15, 0.2) is 24.3 Å². The van der Waals surface area contributed by atoms with E-state index in [0.29, 0.717) is 5.52 Å². The SMILES string of the molecule is N#Cc1nc2[c]cccc2cc1C(N)=O. The lowest BCUT2D eigenvalue weighted by Gasteiger charge is -2.01. The van der Waals surface area contributed by atoms with Crippen LogP contribution in [-0.4, -0.2) is 10.9 Å². The summed E-state index contributed by atoms with van der Waals surface area (Å²) in [6.07, 6.45) is 0. The summed E-state index contributed by atoms with van der Waals surface area (Å²) in [5, 5.41) is 9.53. The number of carbonyl (C=O) groups excluding carboxylic acids is 1. The van der Waals surface area contributed by atoms with Gasteiger partial charge in [0, 0.05) is 11.5 Å². The van der Waals surface area contributed by atoms with E-state index in [1.54, 1.807) is 24.3 Å². The van der Waals surface area contributed by atoms with Crippen LogP contribution < -0.4 is 5.73 Å². The van der Waals surface area contributed by atoms with E-state index in [2.05, 4.69) is 11.1 Å². The molecule has 0 saturated heterocycles. The molecule has 4 heteroatoms. The van der Waals surface area contributed by atoms with Crippen LogP contribution in [0.25, 0.3) is 10.9 Å². The second kappa shape index (κ2) is 3.39. The van der Waals surface area contributed by atoms with Gasteiger partial charge in [-0.2, -0.15) is 5.26 Å². The molecule has 0 aliphatic carbocycles. The van der Waals surface area contributed by atoms with Crippen molar-refractivity contribution < 1.29 is 4.79 Å². The van der Waals surface area contributed by atoms with Crippen LogP contribution in [0.1, 0.15) is 16.1 Å². The molecule has 0 aliphatic rings. The monoisotopic (exact) mass is 196 g/mol. The molecule has 15 heavy (non-hydrogen) atoms. The molecule has 4 nitrogen and oxygen atoms in total. The summed E-state index contributed by atoms with van der Waals surface area (Å²) in [5.41, 5.74) is 5.88. The quantitative estimate of drug-likeness (QED) is 0.738. The second-order valence-corrected chi connectivity index (χ2v) is 2.97. The van der Waals surface area contributed by atoms with E-state index in [0.717, 1.165) is 5.39 Å². The van der Waals surface area contributed by atoms with E-state index >= 15 is 0 Å². The van der Waals surface area contributed by atoms with Crippen molar-refractivity contribution in [3.63, 3.8) is 0 Å². The fraction of sp³-hybridized carbons (Fsp3) is 0. The predicted octanol–water partition coefficient (Wildman–Crippen LogP) is 1.01. The van der Waals surface area contributed by atoms with Crippen molar-refractivity contribution in [1.82, 2.24) is 4.98 Å². The number of fused-ring (bicyclic) bond motifs is 1. The number of hydrogen-bond acceptors (Lipinski definition) is 3. The summed E-state index contributed by atoms with van der Waals surface area (Å²) in [4.78, 5) is 15.0. The van der Waals surface area contributed by atoms with Gasteiger partial charge in [-0.3, -0.25) is 4.79 Å². The molecule has 0 atom stereocenters. The number of aromatic nitrogens is 1. The van der Waals surface area contributed by atoms with Gasteiger partial charge in [-0.25, -0.2) is 4.98 Å². The first-order valence-electron chi connectivity index (χ1n) is 4.23. The number of benzene rings is 1. The Morgan fingerprint density at radius 2 is 2.40 bits per heavy atom. The third-order valence-electron chi connectivity index (χ3n) is 2.02. The minimum Gasteiger partial charge on any atom is -0.366 e. The maximum Gasteiger partial charge on any atom is 0.251 e. The molecule has 0 aliphatic heterocycles. The summed E-state index contributed by atoms with van der Waals surface area (Å²) in [6, 6.07) is 11.5. The molecule has 0 fully saturated rings. The number of nitriles is 1. The highest BCUT2D eigenvalue weighted by Gasteiger charge is 2.10. The summed E-state index contributed by atoms with van der Waals surface area (Å²) >= 11 is 0. The van der Waals surface area contributed by atoms with Gasteiger partial charge in [-0.1, -0.05) is 18.2 Å². The van der Waals surface area contributed by atoms with Crippen LogP contribution in [0, 0.1) is 17.4 Å². The molecule has 1 heterocycles. The molecule has 71 valence electrons. The van der Waals surface area contributed by atoms with Crippen LogP contribution in [0.4, 0.5) is 0 Å². The van der Waals surface area contributed by atoms with Crippen LogP contribution >= 0.6 is 0 Å². The highest BCUT2D eigenvalue weighted by atomic mass is 16.1. The average molecular weight is 196 g/mol. The maximum absolute atomic E-state index is 11.0. The molecule has 2 aromatic rings. The van der Waals surface area contributed by atoms with Crippen molar-refractivity contribution in [2.45, 2.75) is 0 Å². The van der Waals surface area contributed by atoms with Gasteiger partial charge in [0.2, 0.25) is 0 Å². The smallest absolute Gasteiger partial charge is 0.251 e. The first-order valence-corrected chi connectivity index (χ1v) is 4.23. The van der Waals surface area contributed by atoms with Crippen molar-refractivity contribution in [3.05, 3.63) is 41.6 Å². The molecular weight excluding hydrogens is 190 g/mol. The molecule has 1 amide bonds. The van der Waals surface area contributed by atoms with Crippen LogP contribution in [-0.2, 0) is 0 Å². The number of carbonyl (C=O) groups is 1. The van der Waals surface area contributed by atoms with Gasteiger partial charge in [0.1, 0.15) is 6.07 Å². The highest BCUT2D eigenvalue weighted by molar-refractivity contribution is 5.98. The van der Waals surface area contributed by atoms with E-state index in [9.17, 15) is 4.79 Å². The number of pyridine rings is 1. The fourth-order valence-corrected chi connectivity index (χ4v) is 1.32. The Bertz CT molecular complexity index is 584. The lowest BCUT2D eigenvalue weighted by Crippen LogP contribution is -2.13. The van der Waals surface area contributed by atoms with Crippen molar-refractivity contribution in [3.8, 4) is 6.07 Å². The molecular formula is C11H6N3O. The average Bonchev–Trinajstić information content (AvgIpc) is 2.27. The first kappa shape index (κ1) is 9.16. The van der Waals surface area contributed by atoms with Gasteiger partial charge in [0.05, 0.1) is 11.1 Å². The van der Waals surface area contributed by atoms with Crippen molar-refractivity contribution in [1.29, 1.82) is 5.26 Å². The molecule has 0 bridgehead atoms. The lowest BCUT2D eigenvalue weighted by atomic mass is 10.1. The van der Waals surface area contributed by atoms with E-state index in [-0.39, 0.29) is 11.3 Å². The summed E-state index contributed by atoms with van der Waals surface area (Å²) in [6.45, 7) is 0. The molecule has 2 N–H and O–H groups in total. The highest BCUT2D eigenvalue weighted by Crippen LogP contribution is 2.15. The minimum atomic E-state index is -0.648. The summed E-state index contributed by atoms with van der Waals surface area (Å²) in [7, 11) is 0. The van der Waals surface area contributed by atoms with Gasteiger partial charge in [0.15, 0.2) is 5.69 Å². The number of primary amides is 1. The molecule has 1 aromatic carbocycles. The third-order valence-corrected chi connectivity index (χ3v) is 2.02. The molecule has 2 rings (SSSR count). The number of nitrogens with two attached hydrogens (primary N) is 1. The Hall–Kier alpha value is -2.41. The van der Waals surface area contributed by atoms with E-state index in [4.69, 9.17) is 11.0 Å². The number of rotatable bonds is 1. The van der Waals surface area contributed by atoms with Crippen LogP contribution in [0.5, 0.6) is 0 Å². The zero-order valence-electron chi connectivity index (χ0n) is 7.69. The number of nitrogens with zero attached hydrogens (tertiary/aromatic N) is 2. The Labute approximate surface area is 86.0 Å². The number of para-hydroxylation sites is 1. The van der Waals surface area contributed by atoms with Gasteiger partial charge < -0.3 is 5.73 Å². The molecule has 0 unspecified atom stereocenters. The van der Waals surface area contributed by atoms with Crippen LogP contribution in [0.2, 0.25) is 0 Å². The standard InChI is InChI=1S/C11H6N3O/c12-6-10-8(11(13)15)5-7-3-1-2-4-9(7)14-10/h1-3,5H,(H2,13,15). The maximum atomic E-state index is 11.0. The number of amides is 1. The second-order valence-electron chi connectivity index (χ2n) is 2.97. The van der Waals surface area contributed by atoms with Crippen molar-refractivity contribution >= 4 is 16.8 Å². The molecule has 1 aromatic heterocycles. The Morgan fingerprint density at radius 1 is 1.60 bits per heavy atom. The van der Waals surface area contributed by atoms with Crippen molar-refractivity contribution in [2.24, 2.45) is 5.73 Å². The summed E-state index contributed by atoms with van der Waals surface area (Å²) < 4.78 is 0. The fourth-order valence-electron chi connectivity index (χ4n) is 1.32. The lowest BCUT2D eigenvalue weighted by molar-refractivity contribution is 0.1000. The van der Waals surface area contributed by atoms with Gasteiger partial charge in [-0.05, 0) is 6.07 Å². The Kier molecular flexibility index (Phi) is 2.07. The van der Waals surface area contributed by atoms with E-state index in [1.807, 2.05) is 6.07 Å². The Balaban J connectivity index is 2.82. The first-order chi connectivity index (χ1) is 7.22. The predicted molar refractivity (Wildman–Crippen MR) is 53.8 cm³/mol. The van der Waals surface area contributed by atoms with E-state index < -0.39 is 5.91 Å². The molecule has 0 spiro atoms. The third kappa shape index (κ3) is 1.51. The minimum absolute atomic E-state index is 0.0393. The topological polar surface area (TPSA) is 79.8 Å². The zero-order valence-corrected chi connectivity index (χ0v) is 7.69. The molecule has 0 saturated carbocycles. The zero-order chi connectivity index (χ0) is 10.8. The van der Waals surface area contributed by atoms with Gasteiger partial charge in [-0.15, -0.1) is 0 Å². The number of hydrogen-bond donors (Lipinski definition) is 1. The van der Waals surface area contributed by atoms with Crippen molar-refractivity contribution in [2.75, 3.05) is 0 Å². The van der Waals surface area contributed by atoms with Gasteiger partial charge >= 0.3 is 0 Å². The van der Waals surface area contributed by atoms with E-state index in [1.165, 1.54) is 0 Å². The largest absolute Gasteiger partial charge is 0.366 e. The van der Waals surface area contributed by atoms with Crippen LogP contribution in [0.3, 0.4) is 0 Å².